The molecule has 3 aromatic rings. The summed E-state index contributed by atoms with van der Waals surface area (Å²) in [5.74, 6) is 0.0123. The molecule has 31 heavy (non-hydrogen) atoms. The van der Waals surface area contributed by atoms with Gasteiger partial charge in [-0.2, -0.15) is 0 Å². The van der Waals surface area contributed by atoms with Gasteiger partial charge < -0.3 is 19.1 Å². The molecule has 0 radical (unpaired) electrons. The van der Waals surface area contributed by atoms with Gasteiger partial charge in [-0.25, -0.2) is 4.79 Å². The van der Waals surface area contributed by atoms with Crippen molar-refractivity contribution in [2.45, 2.75) is 20.4 Å². The van der Waals surface area contributed by atoms with E-state index >= 15 is 0 Å². The van der Waals surface area contributed by atoms with E-state index in [1.54, 1.807) is 25.3 Å². The highest BCUT2D eigenvalue weighted by atomic mass is 16.5. The van der Waals surface area contributed by atoms with Crippen LogP contribution in [-0.2, 0) is 11.3 Å². The summed E-state index contributed by atoms with van der Waals surface area (Å²) in [6, 6.07) is 14.5. The molecule has 6 nitrogen and oxygen atoms in total. The number of allylic oxidation sites excluding steroid dienone is 1. The number of ether oxygens (including phenoxy) is 2. The van der Waals surface area contributed by atoms with Gasteiger partial charge >= 0.3 is 5.97 Å². The van der Waals surface area contributed by atoms with Crippen LogP contribution in [0.4, 0.5) is 0 Å². The van der Waals surface area contributed by atoms with Crippen molar-refractivity contribution in [1.82, 2.24) is 4.57 Å². The van der Waals surface area contributed by atoms with Gasteiger partial charge in [-0.05, 0) is 43.7 Å². The van der Waals surface area contributed by atoms with Crippen molar-refractivity contribution in [3.8, 4) is 11.5 Å². The number of carboxylic acid groups (broad SMARTS) is 1. The Morgan fingerprint density at radius 2 is 1.77 bits per heavy atom. The molecule has 0 amide bonds. The third-order valence-electron chi connectivity index (χ3n) is 4.74. The first-order chi connectivity index (χ1) is 14.9. The molecule has 0 spiro atoms. The molecule has 0 atom stereocenters. The molecule has 1 heterocycles. The Kier molecular flexibility index (Phi) is 6.92. The smallest absolute Gasteiger partial charge is 0.341 e. The van der Waals surface area contributed by atoms with E-state index in [9.17, 15) is 9.59 Å². The number of hydrogen-bond donors (Lipinski definition) is 1. The van der Waals surface area contributed by atoms with E-state index in [1.165, 1.54) is 0 Å². The number of aryl methyl sites for hydroxylation is 2. The normalized spacial score (nSPS) is 10.9. The molecule has 0 unspecified atom stereocenters. The van der Waals surface area contributed by atoms with Crippen molar-refractivity contribution >= 4 is 17.8 Å². The summed E-state index contributed by atoms with van der Waals surface area (Å²) in [4.78, 5) is 23.7. The number of carbonyl (C=O) groups is 2. The van der Waals surface area contributed by atoms with Crippen LogP contribution >= 0.6 is 0 Å². The molecule has 1 N–H and O–H groups in total. The highest BCUT2D eigenvalue weighted by Gasteiger charge is 2.14. The van der Waals surface area contributed by atoms with Gasteiger partial charge in [0.15, 0.2) is 6.61 Å². The topological polar surface area (TPSA) is 77.8 Å². The molecule has 0 bridgehead atoms. The van der Waals surface area contributed by atoms with Crippen molar-refractivity contribution in [3.05, 3.63) is 88.8 Å². The second kappa shape index (κ2) is 9.80. The van der Waals surface area contributed by atoms with Gasteiger partial charge in [0.2, 0.25) is 5.78 Å². The van der Waals surface area contributed by atoms with Gasteiger partial charge in [-0.3, -0.25) is 4.79 Å². The van der Waals surface area contributed by atoms with Crippen LogP contribution in [0.25, 0.3) is 6.08 Å². The molecule has 0 aliphatic heterocycles. The van der Waals surface area contributed by atoms with Crippen LogP contribution < -0.4 is 9.47 Å². The molecule has 0 saturated carbocycles. The lowest BCUT2D eigenvalue weighted by Gasteiger charge is -2.09. The Hall–Kier alpha value is -3.80. The van der Waals surface area contributed by atoms with Crippen LogP contribution in [0.3, 0.4) is 0 Å². The van der Waals surface area contributed by atoms with Crippen LogP contribution in [0.15, 0.2) is 60.8 Å². The zero-order chi connectivity index (χ0) is 22.4. The summed E-state index contributed by atoms with van der Waals surface area (Å²) in [6.45, 7) is 4.02. The Morgan fingerprint density at radius 1 is 1.03 bits per heavy atom. The van der Waals surface area contributed by atoms with E-state index in [-0.39, 0.29) is 5.78 Å². The molecule has 6 heteroatoms. The lowest BCUT2D eigenvalue weighted by Crippen LogP contribution is -2.09. The molecule has 0 saturated heterocycles. The van der Waals surface area contributed by atoms with Gasteiger partial charge in [0.05, 0.1) is 12.8 Å². The lowest BCUT2D eigenvalue weighted by atomic mass is 10.1. The van der Waals surface area contributed by atoms with Crippen LogP contribution in [0.5, 0.6) is 11.5 Å². The molecule has 2 aromatic carbocycles. The van der Waals surface area contributed by atoms with Crippen LogP contribution in [-0.4, -0.2) is 35.1 Å². The number of carboxylic acids is 1. The number of rotatable bonds is 9. The third-order valence-corrected chi connectivity index (χ3v) is 4.74. The highest BCUT2D eigenvalue weighted by molar-refractivity contribution is 6.08. The number of aliphatic carboxylic acids is 1. The SMILES string of the molecule is COc1ccc(OCC(=O)O)cc1/C=C/Cn1cc(C)cc1C(=O)c1ccc(C)cc1. The van der Waals surface area contributed by atoms with Gasteiger partial charge in [0, 0.05) is 23.9 Å². The first kappa shape index (κ1) is 21.9. The number of ketones is 1. The average molecular weight is 419 g/mol. The summed E-state index contributed by atoms with van der Waals surface area (Å²) in [7, 11) is 1.57. The predicted octanol–water partition coefficient (Wildman–Crippen LogP) is 4.52. The van der Waals surface area contributed by atoms with E-state index < -0.39 is 12.6 Å². The number of carbonyl (C=O) groups excluding carboxylic acids is 1. The monoisotopic (exact) mass is 419 g/mol. The van der Waals surface area contributed by atoms with Crippen LogP contribution in [0.1, 0.15) is 32.7 Å². The van der Waals surface area contributed by atoms with Crippen molar-refractivity contribution in [1.29, 1.82) is 0 Å². The number of methoxy groups -OCH3 is 1. The fourth-order valence-corrected chi connectivity index (χ4v) is 3.22. The van der Waals surface area contributed by atoms with Gasteiger partial charge in [0.1, 0.15) is 11.5 Å². The third kappa shape index (κ3) is 5.63. The van der Waals surface area contributed by atoms with E-state index in [2.05, 4.69) is 0 Å². The first-order valence-electron chi connectivity index (χ1n) is 9.84. The first-order valence-corrected chi connectivity index (χ1v) is 9.84. The lowest BCUT2D eigenvalue weighted by molar-refractivity contribution is -0.139. The van der Waals surface area contributed by atoms with Crippen LogP contribution in [0, 0.1) is 13.8 Å². The zero-order valence-corrected chi connectivity index (χ0v) is 17.8. The minimum absolute atomic E-state index is 0.0249. The van der Waals surface area contributed by atoms with E-state index in [0.29, 0.717) is 29.3 Å². The predicted molar refractivity (Wildman–Crippen MR) is 119 cm³/mol. The van der Waals surface area contributed by atoms with Gasteiger partial charge in [-0.15, -0.1) is 0 Å². The second-order valence-corrected chi connectivity index (χ2v) is 7.24. The number of hydrogen-bond acceptors (Lipinski definition) is 4. The molecular weight excluding hydrogens is 394 g/mol. The molecule has 0 aliphatic carbocycles. The largest absolute Gasteiger partial charge is 0.496 e. The van der Waals surface area contributed by atoms with Gasteiger partial charge in [0.25, 0.3) is 0 Å². The maximum Gasteiger partial charge on any atom is 0.341 e. The van der Waals surface area contributed by atoms with Gasteiger partial charge in [-0.1, -0.05) is 42.0 Å². The summed E-state index contributed by atoms with van der Waals surface area (Å²) in [6.07, 6.45) is 5.72. The summed E-state index contributed by atoms with van der Waals surface area (Å²) < 4.78 is 12.5. The number of aromatic nitrogens is 1. The maximum absolute atomic E-state index is 13.0. The van der Waals surface area contributed by atoms with Crippen molar-refractivity contribution in [2.75, 3.05) is 13.7 Å². The summed E-state index contributed by atoms with van der Waals surface area (Å²) in [5, 5.41) is 8.79. The standard InChI is InChI=1S/C25H25NO5/c1-17-6-8-19(9-7-17)25(29)22-13-18(2)15-26(22)12-4-5-20-14-21(31-16-24(27)28)10-11-23(20)30-3/h4-11,13-15H,12,16H2,1-3H3,(H,27,28)/b5-4+. The number of nitrogens with zero attached hydrogens (tertiary/aromatic N) is 1. The average Bonchev–Trinajstić information content (AvgIpc) is 3.12. The van der Waals surface area contributed by atoms with E-state index in [0.717, 1.165) is 16.7 Å². The van der Waals surface area contributed by atoms with Crippen molar-refractivity contribution < 1.29 is 24.2 Å². The Morgan fingerprint density at radius 3 is 2.45 bits per heavy atom. The fraction of sp³-hybridized carbons (Fsp3) is 0.200. The second-order valence-electron chi connectivity index (χ2n) is 7.24. The summed E-state index contributed by atoms with van der Waals surface area (Å²) >= 11 is 0. The summed E-state index contributed by atoms with van der Waals surface area (Å²) in [5.41, 5.74) is 4.14. The van der Waals surface area contributed by atoms with E-state index in [1.807, 2.05) is 67.1 Å². The maximum atomic E-state index is 13.0. The van der Waals surface area contributed by atoms with Crippen molar-refractivity contribution in [2.24, 2.45) is 0 Å². The molecule has 1 aromatic heterocycles. The van der Waals surface area contributed by atoms with E-state index in [4.69, 9.17) is 14.6 Å². The van der Waals surface area contributed by atoms with Crippen molar-refractivity contribution in [3.63, 3.8) is 0 Å². The minimum atomic E-state index is -1.04. The highest BCUT2D eigenvalue weighted by Crippen LogP contribution is 2.25. The minimum Gasteiger partial charge on any atom is -0.496 e. The quantitative estimate of drug-likeness (QED) is 0.516. The molecule has 3 rings (SSSR count). The number of benzene rings is 2. The Labute approximate surface area is 181 Å². The molecule has 0 fully saturated rings. The zero-order valence-electron chi connectivity index (χ0n) is 17.8. The Balaban J connectivity index is 1.80. The van der Waals surface area contributed by atoms with Crippen LogP contribution in [0.2, 0.25) is 0 Å². The molecule has 0 aliphatic rings. The molecular formula is C25H25NO5. The molecule has 160 valence electrons. The fourth-order valence-electron chi connectivity index (χ4n) is 3.22. The Bertz CT molecular complexity index is 1110.